The third-order valence-corrected chi connectivity index (χ3v) is 4.09. The first-order valence-electron chi connectivity index (χ1n) is 7.39. The molecule has 3 aromatic rings. The van der Waals surface area contributed by atoms with E-state index in [1.54, 1.807) is 0 Å². The van der Waals surface area contributed by atoms with Crippen LogP contribution < -0.4 is 0 Å². The first-order valence-corrected chi connectivity index (χ1v) is 8.27. The summed E-state index contributed by atoms with van der Waals surface area (Å²) in [5.74, 6) is 2.02. The van der Waals surface area contributed by atoms with E-state index in [0.29, 0.717) is 22.7 Å². The van der Waals surface area contributed by atoms with Crippen LogP contribution in [0, 0.1) is 0 Å². The van der Waals surface area contributed by atoms with E-state index >= 15 is 0 Å². The Morgan fingerprint density at radius 3 is 2.78 bits per heavy atom. The number of aryl methyl sites for hydroxylation is 1. The van der Waals surface area contributed by atoms with Gasteiger partial charge in [-0.2, -0.15) is 4.98 Å². The lowest BCUT2D eigenvalue weighted by atomic mass is 10.2. The molecule has 118 valence electrons. The number of aromatic nitrogens is 5. The lowest BCUT2D eigenvalue weighted by Gasteiger charge is -2.00. The van der Waals surface area contributed by atoms with Crippen LogP contribution in [0.1, 0.15) is 42.2 Å². The van der Waals surface area contributed by atoms with Crippen molar-refractivity contribution in [3.63, 3.8) is 0 Å². The molecule has 0 amide bonds. The number of hydrogen-bond acceptors (Lipinski definition) is 6. The maximum Gasteiger partial charge on any atom is 0.239 e. The van der Waals surface area contributed by atoms with Gasteiger partial charge in [0, 0.05) is 6.42 Å². The SMILES string of the molecule is CCc1noc(C(C)Sc2n[nH]c(/C=C/c3ccccc3)n2)n1. The quantitative estimate of drug-likeness (QED) is 0.694. The summed E-state index contributed by atoms with van der Waals surface area (Å²) in [5, 5.41) is 11.7. The molecule has 0 aliphatic carbocycles. The summed E-state index contributed by atoms with van der Waals surface area (Å²) >= 11 is 1.48. The van der Waals surface area contributed by atoms with Gasteiger partial charge in [-0.3, -0.25) is 5.10 Å². The average Bonchev–Trinajstić information content (AvgIpc) is 3.23. The van der Waals surface area contributed by atoms with Crippen LogP contribution in [0.5, 0.6) is 0 Å². The summed E-state index contributed by atoms with van der Waals surface area (Å²) in [6, 6.07) is 10.1. The van der Waals surface area contributed by atoms with E-state index in [1.165, 1.54) is 11.8 Å². The van der Waals surface area contributed by atoms with Crippen molar-refractivity contribution < 1.29 is 4.52 Å². The summed E-state index contributed by atoms with van der Waals surface area (Å²) in [7, 11) is 0. The monoisotopic (exact) mass is 327 g/mol. The summed E-state index contributed by atoms with van der Waals surface area (Å²) in [5.41, 5.74) is 1.12. The van der Waals surface area contributed by atoms with E-state index in [1.807, 2.05) is 56.3 Å². The van der Waals surface area contributed by atoms with Crippen LogP contribution in [-0.4, -0.2) is 25.3 Å². The minimum Gasteiger partial charge on any atom is -0.338 e. The van der Waals surface area contributed by atoms with Gasteiger partial charge in [-0.1, -0.05) is 60.3 Å². The fourth-order valence-corrected chi connectivity index (χ4v) is 2.67. The van der Waals surface area contributed by atoms with Crippen molar-refractivity contribution in [2.45, 2.75) is 30.7 Å². The normalized spacial score (nSPS) is 12.8. The molecular formula is C16H17N5OS. The molecule has 1 aromatic carbocycles. The molecule has 3 rings (SSSR count). The van der Waals surface area contributed by atoms with Crippen molar-refractivity contribution in [1.29, 1.82) is 0 Å². The van der Waals surface area contributed by atoms with Crippen LogP contribution in [0.2, 0.25) is 0 Å². The van der Waals surface area contributed by atoms with Crippen molar-refractivity contribution in [3.8, 4) is 0 Å². The van der Waals surface area contributed by atoms with Crippen molar-refractivity contribution in [3.05, 3.63) is 53.4 Å². The molecule has 0 fully saturated rings. The van der Waals surface area contributed by atoms with Crippen LogP contribution in [0.4, 0.5) is 0 Å². The lowest BCUT2D eigenvalue weighted by Crippen LogP contribution is -1.90. The van der Waals surface area contributed by atoms with Crippen molar-refractivity contribution in [2.75, 3.05) is 0 Å². The zero-order valence-corrected chi connectivity index (χ0v) is 13.7. The maximum atomic E-state index is 5.24. The van der Waals surface area contributed by atoms with Gasteiger partial charge in [0.15, 0.2) is 5.82 Å². The van der Waals surface area contributed by atoms with Gasteiger partial charge >= 0.3 is 0 Å². The Hall–Kier alpha value is -2.41. The number of nitrogens with one attached hydrogen (secondary N) is 1. The van der Waals surface area contributed by atoms with Crippen molar-refractivity contribution >= 4 is 23.9 Å². The molecule has 23 heavy (non-hydrogen) atoms. The predicted octanol–water partition coefficient (Wildman–Crippen LogP) is 3.77. The highest BCUT2D eigenvalue weighted by Crippen LogP contribution is 2.31. The molecule has 0 aliphatic heterocycles. The van der Waals surface area contributed by atoms with Gasteiger partial charge in [-0.25, -0.2) is 4.98 Å². The van der Waals surface area contributed by atoms with E-state index in [4.69, 9.17) is 4.52 Å². The Balaban J connectivity index is 1.64. The third-order valence-electron chi connectivity index (χ3n) is 3.15. The molecule has 1 unspecified atom stereocenters. The van der Waals surface area contributed by atoms with E-state index in [-0.39, 0.29) is 5.25 Å². The Morgan fingerprint density at radius 2 is 2.04 bits per heavy atom. The maximum absolute atomic E-state index is 5.24. The highest BCUT2D eigenvalue weighted by atomic mass is 32.2. The Bertz CT molecular complexity index is 781. The number of rotatable bonds is 6. The smallest absolute Gasteiger partial charge is 0.239 e. The molecule has 0 saturated carbocycles. The second-order valence-electron chi connectivity index (χ2n) is 4.91. The Morgan fingerprint density at radius 1 is 1.22 bits per heavy atom. The first kappa shape index (κ1) is 15.5. The van der Waals surface area contributed by atoms with Gasteiger partial charge in [-0.15, -0.1) is 5.10 Å². The molecule has 7 heteroatoms. The minimum absolute atomic E-state index is 0.00422. The second kappa shape index (κ2) is 7.23. The topological polar surface area (TPSA) is 80.5 Å². The highest BCUT2D eigenvalue weighted by molar-refractivity contribution is 7.99. The number of hydrogen-bond donors (Lipinski definition) is 1. The van der Waals surface area contributed by atoms with Crippen LogP contribution in [0.25, 0.3) is 12.2 Å². The van der Waals surface area contributed by atoms with Gasteiger partial charge in [-0.05, 0) is 18.6 Å². The molecule has 1 N–H and O–H groups in total. The van der Waals surface area contributed by atoms with E-state index in [0.717, 1.165) is 12.0 Å². The molecule has 6 nitrogen and oxygen atoms in total. The van der Waals surface area contributed by atoms with Crippen molar-refractivity contribution in [1.82, 2.24) is 25.3 Å². The number of nitrogens with zero attached hydrogens (tertiary/aromatic N) is 4. The fourth-order valence-electron chi connectivity index (χ4n) is 1.91. The summed E-state index contributed by atoms with van der Waals surface area (Å²) < 4.78 is 5.24. The predicted molar refractivity (Wildman–Crippen MR) is 89.7 cm³/mol. The number of H-pyrrole nitrogens is 1. The van der Waals surface area contributed by atoms with Gasteiger partial charge in [0.1, 0.15) is 5.82 Å². The molecule has 2 heterocycles. The van der Waals surface area contributed by atoms with Gasteiger partial charge < -0.3 is 4.52 Å². The molecule has 0 aliphatic rings. The van der Waals surface area contributed by atoms with E-state index in [2.05, 4.69) is 25.3 Å². The Kier molecular flexibility index (Phi) is 4.87. The number of thioether (sulfide) groups is 1. The average molecular weight is 327 g/mol. The highest BCUT2D eigenvalue weighted by Gasteiger charge is 2.17. The molecule has 0 bridgehead atoms. The van der Waals surface area contributed by atoms with E-state index in [9.17, 15) is 0 Å². The standard InChI is InChI=1S/C16H17N5OS/c1-3-13-17-15(22-21-13)11(2)23-16-18-14(19-20-16)10-9-12-7-5-4-6-8-12/h4-11H,3H2,1-2H3,(H,18,19,20)/b10-9+. The van der Waals surface area contributed by atoms with Crippen LogP contribution in [0.15, 0.2) is 40.0 Å². The first-order chi connectivity index (χ1) is 11.2. The van der Waals surface area contributed by atoms with Crippen LogP contribution in [0.3, 0.4) is 0 Å². The summed E-state index contributed by atoms with van der Waals surface area (Å²) in [6.45, 7) is 3.99. The third kappa shape index (κ3) is 4.07. The lowest BCUT2D eigenvalue weighted by molar-refractivity contribution is 0.375. The molecule has 0 spiro atoms. The molecular weight excluding hydrogens is 310 g/mol. The molecule has 0 radical (unpaired) electrons. The fraction of sp³-hybridized carbons (Fsp3) is 0.250. The van der Waals surface area contributed by atoms with Gasteiger partial charge in [0.05, 0.1) is 5.25 Å². The zero-order chi connectivity index (χ0) is 16.1. The summed E-state index contributed by atoms with van der Waals surface area (Å²) in [4.78, 5) is 8.77. The van der Waals surface area contributed by atoms with Gasteiger partial charge in [0.2, 0.25) is 11.0 Å². The zero-order valence-electron chi connectivity index (χ0n) is 12.9. The van der Waals surface area contributed by atoms with E-state index < -0.39 is 0 Å². The van der Waals surface area contributed by atoms with Gasteiger partial charge in [0.25, 0.3) is 0 Å². The second-order valence-corrected chi connectivity index (χ2v) is 6.22. The van der Waals surface area contributed by atoms with Crippen LogP contribution >= 0.6 is 11.8 Å². The minimum atomic E-state index is 0.00422. The molecule has 1 atom stereocenters. The number of benzene rings is 1. The Labute approximate surface area is 138 Å². The summed E-state index contributed by atoms with van der Waals surface area (Å²) in [6.07, 6.45) is 4.65. The largest absolute Gasteiger partial charge is 0.338 e. The van der Waals surface area contributed by atoms with Crippen LogP contribution in [-0.2, 0) is 6.42 Å². The molecule has 0 saturated heterocycles. The number of aromatic amines is 1. The molecule has 2 aromatic heterocycles. The van der Waals surface area contributed by atoms with Crippen molar-refractivity contribution in [2.24, 2.45) is 0 Å².